The van der Waals surface area contributed by atoms with Crippen molar-refractivity contribution in [2.45, 2.75) is 6.92 Å². The van der Waals surface area contributed by atoms with Crippen molar-refractivity contribution in [3.63, 3.8) is 0 Å². The van der Waals surface area contributed by atoms with Gasteiger partial charge in [0.05, 0.1) is 17.9 Å². The third-order valence-electron chi connectivity index (χ3n) is 2.61. The molecule has 104 valence electrons. The normalized spacial score (nSPS) is 10.2. The molecule has 0 aliphatic rings. The van der Waals surface area contributed by atoms with Gasteiger partial charge in [0.2, 0.25) is 0 Å². The molecule has 0 saturated carbocycles. The predicted molar refractivity (Wildman–Crippen MR) is 73.0 cm³/mol. The molecule has 7 heteroatoms. The molecular formula is C13H13N3O4. The van der Waals surface area contributed by atoms with Gasteiger partial charge in [-0.1, -0.05) is 0 Å². The molecular weight excluding hydrogens is 262 g/mol. The topological polar surface area (TPSA) is 107 Å². The summed E-state index contributed by atoms with van der Waals surface area (Å²) in [5, 5.41) is 0. The van der Waals surface area contributed by atoms with Crippen LogP contribution >= 0.6 is 0 Å². The molecule has 0 saturated heterocycles. The highest BCUT2D eigenvalue weighted by atomic mass is 16.5. The lowest BCUT2D eigenvalue weighted by atomic mass is 10.2. The van der Waals surface area contributed by atoms with Gasteiger partial charge >= 0.3 is 11.7 Å². The third-order valence-corrected chi connectivity index (χ3v) is 2.61. The number of hydrogen-bond donors (Lipinski definition) is 2. The fourth-order valence-electron chi connectivity index (χ4n) is 1.74. The molecule has 0 unspecified atom stereocenters. The summed E-state index contributed by atoms with van der Waals surface area (Å²) in [6.45, 7) is 2.00. The van der Waals surface area contributed by atoms with E-state index in [1.807, 2.05) is 0 Å². The van der Waals surface area contributed by atoms with Crippen LogP contribution in [0.15, 0.2) is 39.9 Å². The molecule has 2 rings (SSSR count). The van der Waals surface area contributed by atoms with Crippen molar-refractivity contribution in [2.24, 2.45) is 0 Å². The van der Waals surface area contributed by atoms with Crippen LogP contribution in [0.1, 0.15) is 17.3 Å². The Morgan fingerprint density at radius 1 is 1.30 bits per heavy atom. The first-order chi connectivity index (χ1) is 9.52. The highest BCUT2D eigenvalue weighted by molar-refractivity contribution is 5.89. The predicted octanol–water partition coefficient (Wildman–Crippen LogP) is 0.285. The van der Waals surface area contributed by atoms with E-state index in [1.165, 1.54) is 12.1 Å². The minimum atomic E-state index is -0.640. The average Bonchev–Trinajstić information content (AvgIpc) is 2.38. The molecule has 0 radical (unpaired) electrons. The summed E-state index contributed by atoms with van der Waals surface area (Å²) in [6.07, 6.45) is 0. The van der Waals surface area contributed by atoms with Crippen molar-refractivity contribution in [1.82, 2.24) is 9.55 Å². The lowest BCUT2D eigenvalue weighted by Crippen LogP contribution is -2.30. The van der Waals surface area contributed by atoms with E-state index in [-0.39, 0.29) is 12.4 Å². The van der Waals surface area contributed by atoms with Crippen LogP contribution in [0.3, 0.4) is 0 Å². The van der Waals surface area contributed by atoms with Gasteiger partial charge < -0.3 is 10.5 Å². The zero-order valence-corrected chi connectivity index (χ0v) is 10.8. The van der Waals surface area contributed by atoms with Crippen LogP contribution in [0.25, 0.3) is 5.69 Å². The molecule has 0 amide bonds. The van der Waals surface area contributed by atoms with Gasteiger partial charge in [-0.3, -0.25) is 9.78 Å². The average molecular weight is 275 g/mol. The summed E-state index contributed by atoms with van der Waals surface area (Å²) in [5.41, 5.74) is 5.26. The number of nitrogens with one attached hydrogen (secondary N) is 1. The van der Waals surface area contributed by atoms with Crippen LogP contribution in [0, 0.1) is 0 Å². The maximum absolute atomic E-state index is 11.7. The van der Waals surface area contributed by atoms with Gasteiger partial charge in [-0.05, 0) is 31.2 Å². The Morgan fingerprint density at radius 3 is 2.50 bits per heavy atom. The number of benzene rings is 1. The monoisotopic (exact) mass is 275 g/mol. The first-order valence-corrected chi connectivity index (χ1v) is 5.92. The number of aromatic amines is 1. The van der Waals surface area contributed by atoms with Crippen molar-refractivity contribution in [3.8, 4) is 5.69 Å². The molecule has 1 aromatic carbocycles. The maximum Gasteiger partial charge on any atom is 0.338 e. The third kappa shape index (κ3) is 2.61. The van der Waals surface area contributed by atoms with Crippen LogP contribution in [-0.4, -0.2) is 22.1 Å². The SMILES string of the molecule is CCOC(=O)c1ccc(-n2c(N)cc(=O)[nH]c2=O)cc1. The minimum absolute atomic E-state index is 0.0163. The summed E-state index contributed by atoms with van der Waals surface area (Å²) >= 11 is 0. The standard InChI is InChI=1S/C13H13N3O4/c1-2-20-12(18)8-3-5-9(6-4-8)16-10(14)7-11(17)15-13(16)19/h3-7H,2,14H2,1H3,(H,15,17,19). The summed E-state index contributed by atoms with van der Waals surface area (Å²) in [7, 11) is 0. The summed E-state index contributed by atoms with van der Waals surface area (Å²) < 4.78 is 5.99. The Kier molecular flexibility index (Phi) is 3.69. The summed E-state index contributed by atoms with van der Waals surface area (Å²) in [5.74, 6) is -0.427. The van der Waals surface area contributed by atoms with E-state index in [0.717, 1.165) is 10.6 Å². The van der Waals surface area contributed by atoms with Gasteiger partial charge in [0.1, 0.15) is 5.82 Å². The van der Waals surface area contributed by atoms with Gasteiger partial charge in [-0.15, -0.1) is 0 Å². The van der Waals surface area contributed by atoms with Gasteiger partial charge in [0, 0.05) is 6.07 Å². The Hall–Kier alpha value is -2.83. The molecule has 20 heavy (non-hydrogen) atoms. The van der Waals surface area contributed by atoms with Crippen LogP contribution in [0.4, 0.5) is 5.82 Å². The number of hydrogen-bond acceptors (Lipinski definition) is 5. The molecule has 0 fully saturated rings. The second-order valence-corrected chi connectivity index (χ2v) is 3.97. The molecule has 2 aromatic rings. The van der Waals surface area contributed by atoms with Crippen LogP contribution in [-0.2, 0) is 4.74 Å². The highest BCUT2D eigenvalue weighted by Gasteiger charge is 2.09. The molecule has 0 spiro atoms. The number of esters is 1. The number of nitrogens with zero attached hydrogens (tertiary/aromatic N) is 1. The number of anilines is 1. The van der Waals surface area contributed by atoms with E-state index in [9.17, 15) is 14.4 Å². The minimum Gasteiger partial charge on any atom is -0.462 e. The van der Waals surface area contributed by atoms with Gasteiger partial charge in [-0.2, -0.15) is 0 Å². The van der Waals surface area contributed by atoms with E-state index < -0.39 is 17.2 Å². The Bertz CT molecular complexity index is 743. The first kappa shape index (κ1) is 13.6. The molecule has 0 aliphatic carbocycles. The number of carbonyl (C=O) groups is 1. The first-order valence-electron chi connectivity index (χ1n) is 5.92. The number of carbonyl (C=O) groups excluding carboxylic acids is 1. The number of ether oxygens (including phenoxy) is 1. The second-order valence-electron chi connectivity index (χ2n) is 3.97. The van der Waals surface area contributed by atoms with Crippen molar-refractivity contribution >= 4 is 11.8 Å². The quantitative estimate of drug-likeness (QED) is 0.782. The van der Waals surface area contributed by atoms with Crippen molar-refractivity contribution in [2.75, 3.05) is 12.3 Å². The molecule has 0 aliphatic heterocycles. The zero-order valence-electron chi connectivity index (χ0n) is 10.8. The van der Waals surface area contributed by atoms with E-state index >= 15 is 0 Å². The molecule has 1 aromatic heterocycles. The van der Waals surface area contributed by atoms with Crippen molar-refractivity contribution in [1.29, 1.82) is 0 Å². The lowest BCUT2D eigenvalue weighted by Gasteiger charge is -2.09. The largest absolute Gasteiger partial charge is 0.462 e. The number of aromatic nitrogens is 2. The lowest BCUT2D eigenvalue weighted by molar-refractivity contribution is 0.0526. The van der Waals surface area contributed by atoms with E-state index in [2.05, 4.69) is 4.98 Å². The number of nitrogens with two attached hydrogens (primary N) is 1. The van der Waals surface area contributed by atoms with Crippen LogP contribution < -0.4 is 17.0 Å². The Labute approximate surface area is 113 Å². The van der Waals surface area contributed by atoms with E-state index in [4.69, 9.17) is 10.5 Å². The van der Waals surface area contributed by atoms with E-state index in [1.54, 1.807) is 19.1 Å². The summed E-state index contributed by atoms with van der Waals surface area (Å²) in [4.78, 5) is 36.4. The zero-order chi connectivity index (χ0) is 14.7. The van der Waals surface area contributed by atoms with Crippen LogP contribution in [0.2, 0.25) is 0 Å². The number of rotatable bonds is 3. The smallest absolute Gasteiger partial charge is 0.338 e. The summed E-state index contributed by atoms with van der Waals surface area (Å²) in [6, 6.07) is 7.24. The molecule has 1 heterocycles. The van der Waals surface area contributed by atoms with Gasteiger partial charge in [0.15, 0.2) is 0 Å². The molecule has 7 nitrogen and oxygen atoms in total. The molecule has 0 atom stereocenters. The Morgan fingerprint density at radius 2 is 1.95 bits per heavy atom. The number of nitrogen functional groups attached to an aromatic ring is 1. The number of H-pyrrole nitrogens is 1. The second kappa shape index (κ2) is 5.43. The fraction of sp³-hybridized carbons (Fsp3) is 0.154. The highest BCUT2D eigenvalue weighted by Crippen LogP contribution is 2.11. The van der Waals surface area contributed by atoms with E-state index in [0.29, 0.717) is 11.3 Å². The molecule has 3 N–H and O–H groups in total. The van der Waals surface area contributed by atoms with Gasteiger partial charge in [-0.25, -0.2) is 14.2 Å². The van der Waals surface area contributed by atoms with Crippen LogP contribution in [0.5, 0.6) is 0 Å². The maximum atomic E-state index is 11.7. The fourth-order valence-corrected chi connectivity index (χ4v) is 1.74. The Balaban J connectivity index is 2.43. The van der Waals surface area contributed by atoms with Crippen molar-refractivity contribution in [3.05, 3.63) is 56.7 Å². The van der Waals surface area contributed by atoms with Crippen molar-refractivity contribution < 1.29 is 9.53 Å². The molecule has 0 bridgehead atoms. The van der Waals surface area contributed by atoms with Gasteiger partial charge in [0.25, 0.3) is 5.56 Å².